The molecule has 1 N–H and O–H groups in total. The highest BCUT2D eigenvalue weighted by Gasteiger charge is 2.32. The van der Waals surface area contributed by atoms with Crippen LogP contribution in [0.2, 0.25) is 0 Å². The van der Waals surface area contributed by atoms with Crippen LogP contribution in [0.15, 0.2) is 24.3 Å². The predicted octanol–water partition coefficient (Wildman–Crippen LogP) is 1.98. The fraction of sp³-hybridized carbons (Fsp3) is 0.588. The van der Waals surface area contributed by atoms with Gasteiger partial charge in [0.15, 0.2) is 0 Å². The Bertz CT molecular complexity index is 491. The van der Waals surface area contributed by atoms with E-state index in [9.17, 15) is 4.79 Å². The molecular weight excluding hydrogens is 264 g/mol. The lowest BCUT2D eigenvalue weighted by Gasteiger charge is -2.32. The summed E-state index contributed by atoms with van der Waals surface area (Å²) in [4.78, 5) is 14.8. The van der Waals surface area contributed by atoms with E-state index in [0.29, 0.717) is 12.5 Å². The Kier molecular flexibility index (Phi) is 4.44. The van der Waals surface area contributed by atoms with E-state index in [1.165, 1.54) is 12.8 Å². The number of methoxy groups -OCH3 is 1. The molecule has 2 aliphatic rings. The van der Waals surface area contributed by atoms with Gasteiger partial charge in [-0.2, -0.15) is 0 Å². The zero-order valence-corrected chi connectivity index (χ0v) is 12.7. The van der Waals surface area contributed by atoms with Gasteiger partial charge in [0.25, 0.3) is 0 Å². The van der Waals surface area contributed by atoms with Crippen molar-refractivity contribution in [1.82, 2.24) is 10.2 Å². The van der Waals surface area contributed by atoms with Crippen molar-refractivity contribution in [3.05, 3.63) is 29.8 Å². The monoisotopic (exact) mass is 288 g/mol. The number of hydrogen-bond acceptors (Lipinski definition) is 3. The quantitative estimate of drug-likeness (QED) is 0.901. The van der Waals surface area contributed by atoms with Crippen LogP contribution >= 0.6 is 0 Å². The minimum Gasteiger partial charge on any atom is -0.496 e. The second kappa shape index (κ2) is 6.48. The van der Waals surface area contributed by atoms with E-state index in [2.05, 4.69) is 10.2 Å². The number of benzene rings is 1. The van der Waals surface area contributed by atoms with Crippen LogP contribution in [0.4, 0.5) is 0 Å². The van der Waals surface area contributed by atoms with Gasteiger partial charge in [-0.1, -0.05) is 18.2 Å². The van der Waals surface area contributed by atoms with Crippen molar-refractivity contribution in [3.8, 4) is 5.75 Å². The fourth-order valence-electron chi connectivity index (χ4n) is 3.15. The first-order valence-corrected chi connectivity index (χ1v) is 7.91. The molecule has 4 heteroatoms. The number of para-hydroxylation sites is 1. The number of rotatable bonds is 5. The van der Waals surface area contributed by atoms with Gasteiger partial charge in [-0.25, -0.2) is 0 Å². The lowest BCUT2D eigenvalue weighted by Crippen LogP contribution is -2.45. The molecule has 2 fully saturated rings. The number of hydrogen-bond donors (Lipinski definition) is 1. The molecule has 3 rings (SSSR count). The SMILES string of the molecule is COc1ccccc1CC(=O)NC1CCN(C2CC2)CC1. The Balaban J connectivity index is 1.48. The molecule has 114 valence electrons. The normalized spacial score (nSPS) is 20.2. The molecule has 0 spiro atoms. The minimum absolute atomic E-state index is 0.101. The summed E-state index contributed by atoms with van der Waals surface area (Å²) in [6, 6.07) is 8.90. The maximum atomic E-state index is 12.2. The molecule has 1 amide bonds. The highest BCUT2D eigenvalue weighted by atomic mass is 16.5. The number of ether oxygens (including phenoxy) is 1. The zero-order chi connectivity index (χ0) is 14.7. The molecule has 0 unspecified atom stereocenters. The summed E-state index contributed by atoms with van der Waals surface area (Å²) in [5.41, 5.74) is 0.952. The Morgan fingerprint density at radius 2 is 1.95 bits per heavy atom. The van der Waals surface area contributed by atoms with Gasteiger partial charge in [0, 0.05) is 30.7 Å². The lowest BCUT2D eigenvalue weighted by molar-refractivity contribution is -0.121. The fourth-order valence-corrected chi connectivity index (χ4v) is 3.15. The molecule has 1 aliphatic heterocycles. The number of nitrogens with zero attached hydrogens (tertiary/aromatic N) is 1. The summed E-state index contributed by atoms with van der Waals surface area (Å²) < 4.78 is 5.30. The van der Waals surface area contributed by atoms with Crippen molar-refractivity contribution in [3.63, 3.8) is 0 Å². The lowest BCUT2D eigenvalue weighted by atomic mass is 10.0. The molecular formula is C17H24N2O2. The van der Waals surface area contributed by atoms with Gasteiger partial charge in [-0.05, 0) is 31.7 Å². The van der Waals surface area contributed by atoms with Gasteiger partial charge < -0.3 is 15.0 Å². The van der Waals surface area contributed by atoms with E-state index in [-0.39, 0.29) is 5.91 Å². The first kappa shape index (κ1) is 14.4. The number of likely N-dealkylation sites (tertiary alicyclic amines) is 1. The van der Waals surface area contributed by atoms with Gasteiger partial charge in [-0.3, -0.25) is 4.79 Å². The average molecular weight is 288 g/mol. The molecule has 1 saturated heterocycles. The Morgan fingerprint density at radius 1 is 1.24 bits per heavy atom. The molecule has 1 saturated carbocycles. The highest BCUT2D eigenvalue weighted by molar-refractivity contribution is 5.79. The van der Waals surface area contributed by atoms with Crippen molar-refractivity contribution < 1.29 is 9.53 Å². The summed E-state index contributed by atoms with van der Waals surface area (Å²) in [5.74, 6) is 0.889. The van der Waals surface area contributed by atoms with Crippen LogP contribution in [0.3, 0.4) is 0 Å². The maximum absolute atomic E-state index is 12.2. The first-order valence-electron chi connectivity index (χ1n) is 7.91. The van der Waals surface area contributed by atoms with Gasteiger partial charge in [0.1, 0.15) is 5.75 Å². The molecule has 1 aromatic carbocycles. The number of carbonyl (C=O) groups is 1. The molecule has 0 atom stereocenters. The van der Waals surface area contributed by atoms with E-state index in [1.54, 1.807) is 7.11 Å². The van der Waals surface area contributed by atoms with Crippen LogP contribution in [0.1, 0.15) is 31.2 Å². The minimum atomic E-state index is 0.101. The summed E-state index contributed by atoms with van der Waals surface area (Å²) in [6.45, 7) is 2.26. The topological polar surface area (TPSA) is 41.6 Å². The molecule has 0 radical (unpaired) electrons. The second-order valence-electron chi connectivity index (χ2n) is 6.10. The molecule has 21 heavy (non-hydrogen) atoms. The van der Waals surface area contributed by atoms with Crippen molar-refractivity contribution in [2.45, 2.75) is 44.2 Å². The van der Waals surface area contributed by atoms with E-state index < -0.39 is 0 Å². The third-order valence-corrected chi connectivity index (χ3v) is 4.50. The van der Waals surface area contributed by atoms with Crippen molar-refractivity contribution in [2.24, 2.45) is 0 Å². The number of piperidine rings is 1. The predicted molar refractivity (Wildman–Crippen MR) is 82.5 cm³/mol. The second-order valence-corrected chi connectivity index (χ2v) is 6.10. The van der Waals surface area contributed by atoms with E-state index in [0.717, 1.165) is 43.3 Å². The van der Waals surface area contributed by atoms with Crippen LogP contribution in [0.5, 0.6) is 5.75 Å². The highest BCUT2D eigenvalue weighted by Crippen LogP contribution is 2.29. The van der Waals surface area contributed by atoms with Crippen molar-refractivity contribution in [1.29, 1.82) is 0 Å². The van der Waals surface area contributed by atoms with Gasteiger partial charge in [0.05, 0.1) is 13.5 Å². The third kappa shape index (κ3) is 3.76. The molecule has 1 heterocycles. The molecule has 4 nitrogen and oxygen atoms in total. The third-order valence-electron chi connectivity index (χ3n) is 4.50. The maximum Gasteiger partial charge on any atom is 0.224 e. The molecule has 0 bridgehead atoms. The number of amides is 1. The summed E-state index contributed by atoms with van der Waals surface area (Å²) >= 11 is 0. The van der Waals surface area contributed by atoms with Crippen LogP contribution in [0, 0.1) is 0 Å². The summed E-state index contributed by atoms with van der Waals surface area (Å²) in [5, 5.41) is 3.18. The number of nitrogens with one attached hydrogen (secondary N) is 1. The molecule has 1 aliphatic carbocycles. The van der Waals surface area contributed by atoms with E-state index in [4.69, 9.17) is 4.74 Å². The molecule has 0 aromatic heterocycles. The largest absolute Gasteiger partial charge is 0.496 e. The first-order chi connectivity index (χ1) is 10.3. The Labute approximate surface area is 126 Å². The van der Waals surface area contributed by atoms with Crippen LogP contribution in [-0.4, -0.2) is 43.1 Å². The van der Waals surface area contributed by atoms with Crippen molar-refractivity contribution in [2.75, 3.05) is 20.2 Å². The average Bonchev–Trinajstić information content (AvgIpc) is 3.33. The van der Waals surface area contributed by atoms with E-state index >= 15 is 0 Å². The van der Waals surface area contributed by atoms with E-state index in [1.807, 2.05) is 24.3 Å². The smallest absolute Gasteiger partial charge is 0.224 e. The summed E-state index contributed by atoms with van der Waals surface area (Å²) in [6.07, 6.45) is 5.28. The molecule has 1 aromatic rings. The van der Waals surface area contributed by atoms with Gasteiger partial charge in [-0.15, -0.1) is 0 Å². The van der Waals surface area contributed by atoms with Gasteiger partial charge >= 0.3 is 0 Å². The Hall–Kier alpha value is -1.55. The van der Waals surface area contributed by atoms with Gasteiger partial charge in [0.2, 0.25) is 5.91 Å². The van der Waals surface area contributed by atoms with Crippen LogP contribution < -0.4 is 10.1 Å². The Morgan fingerprint density at radius 3 is 2.62 bits per heavy atom. The van der Waals surface area contributed by atoms with Crippen LogP contribution in [0.25, 0.3) is 0 Å². The summed E-state index contributed by atoms with van der Waals surface area (Å²) in [7, 11) is 1.64. The van der Waals surface area contributed by atoms with Crippen molar-refractivity contribution >= 4 is 5.91 Å². The number of carbonyl (C=O) groups excluding carboxylic acids is 1. The zero-order valence-electron chi connectivity index (χ0n) is 12.7. The standard InChI is InChI=1S/C17H24N2O2/c1-21-16-5-3-2-4-13(16)12-17(20)18-14-8-10-19(11-9-14)15-6-7-15/h2-5,14-15H,6-12H2,1H3,(H,18,20). The van der Waals surface area contributed by atoms with Crippen LogP contribution in [-0.2, 0) is 11.2 Å².